The van der Waals surface area contributed by atoms with Crippen molar-refractivity contribution in [2.75, 3.05) is 16.3 Å². The van der Waals surface area contributed by atoms with E-state index in [1.807, 2.05) is 13.8 Å². The zero-order valence-corrected chi connectivity index (χ0v) is 17.8. The summed E-state index contributed by atoms with van der Waals surface area (Å²) in [6.45, 7) is 3.74. The van der Waals surface area contributed by atoms with Gasteiger partial charge in [0.25, 0.3) is 0 Å². The molecule has 0 bridgehead atoms. The molecule has 1 fully saturated rings. The van der Waals surface area contributed by atoms with Crippen LogP contribution in [0.4, 0.5) is 26.4 Å². The van der Waals surface area contributed by atoms with Crippen LogP contribution in [-0.4, -0.2) is 43.1 Å². The molecule has 4 N–H and O–H groups in total. The predicted molar refractivity (Wildman–Crippen MR) is 112 cm³/mol. The van der Waals surface area contributed by atoms with Crippen LogP contribution in [0.5, 0.6) is 0 Å². The largest absolute Gasteiger partial charge is 0.446 e. The van der Waals surface area contributed by atoms with Crippen LogP contribution in [0.1, 0.15) is 44.7 Å². The second-order valence-electron chi connectivity index (χ2n) is 7.74. The lowest BCUT2D eigenvalue weighted by Gasteiger charge is -2.14. The van der Waals surface area contributed by atoms with Crippen LogP contribution >= 0.6 is 0 Å². The molecule has 0 radical (unpaired) electrons. The Morgan fingerprint density at radius 3 is 2.73 bits per heavy atom. The molecule has 164 valence electrons. The zero-order valence-electron chi connectivity index (χ0n) is 17.0. The van der Waals surface area contributed by atoms with Crippen LogP contribution in [0.2, 0.25) is 0 Å². The summed E-state index contributed by atoms with van der Waals surface area (Å²) in [5.41, 5.74) is 1.19. The highest BCUT2D eigenvalue weighted by molar-refractivity contribution is 7.92. The number of nitrogens with one attached hydrogen (secondary N) is 4. The number of carbonyl (C=O) groups is 1. The highest BCUT2D eigenvalue weighted by Gasteiger charge is 2.30. The van der Waals surface area contributed by atoms with Crippen molar-refractivity contribution in [3.05, 3.63) is 35.8 Å². The molecule has 1 saturated carbocycles. The number of amides is 1. The number of benzene rings is 1. The number of carbonyl (C=O) groups excluding carboxylic acids is 1. The number of rotatable bonds is 7. The first-order valence-electron chi connectivity index (χ1n) is 9.66. The van der Waals surface area contributed by atoms with Crippen LogP contribution < -0.4 is 15.4 Å². The number of aromatic nitrogens is 2. The molecule has 1 heterocycles. The van der Waals surface area contributed by atoms with E-state index in [0.717, 1.165) is 30.9 Å². The van der Waals surface area contributed by atoms with Gasteiger partial charge >= 0.3 is 6.09 Å². The number of nitrogens with zero attached hydrogens (tertiary/aromatic N) is 1. The number of hydrogen-bond donors (Lipinski definition) is 4. The second-order valence-corrected chi connectivity index (χ2v) is 9.49. The van der Waals surface area contributed by atoms with Gasteiger partial charge in [0, 0.05) is 29.8 Å². The average molecular weight is 440 g/mol. The maximum atomic E-state index is 14.3. The zero-order chi connectivity index (χ0) is 21.9. The lowest BCUT2D eigenvalue weighted by atomic mass is 10.0. The van der Waals surface area contributed by atoms with Crippen LogP contribution in [0.15, 0.2) is 24.3 Å². The summed E-state index contributed by atoms with van der Waals surface area (Å²) in [4.78, 5) is 11.8. The first kappa shape index (κ1) is 21.9. The molecule has 1 aromatic carbocycles. The van der Waals surface area contributed by atoms with Crippen molar-refractivity contribution < 1.29 is 22.3 Å². The van der Waals surface area contributed by atoms with Crippen molar-refractivity contribution in [1.29, 1.82) is 0 Å². The molecule has 3 rings (SSSR count). The lowest BCUT2D eigenvalue weighted by molar-refractivity contribution is 0.0981. The first-order valence-corrected chi connectivity index (χ1v) is 11.5. The fourth-order valence-corrected chi connectivity index (χ4v) is 3.95. The third-order valence-electron chi connectivity index (χ3n) is 4.64. The average Bonchev–Trinajstić information content (AvgIpc) is 3.24. The molecule has 1 aromatic heterocycles. The Morgan fingerprint density at radius 2 is 2.07 bits per heavy atom. The third kappa shape index (κ3) is 6.09. The highest BCUT2D eigenvalue weighted by atomic mass is 32.2. The van der Waals surface area contributed by atoms with E-state index in [0.29, 0.717) is 12.2 Å². The van der Waals surface area contributed by atoms with Crippen LogP contribution in [-0.2, 0) is 14.8 Å². The summed E-state index contributed by atoms with van der Waals surface area (Å²) in [6.07, 6.45) is 2.74. The SMILES string of the molecule is CC(C)NC(=O)OC1CCC(c2cc(Nc3ccc(NS(C)(=O)=O)cc3F)n[nH]2)C1. The van der Waals surface area contributed by atoms with Crippen molar-refractivity contribution in [3.8, 4) is 0 Å². The molecule has 9 nitrogen and oxygen atoms in total. The Morgan fingerprint density at radius 1 is 1.30 bits per heavy atom. The van der Waals surface area contributed by atoms with E-state index in [2.05, 4.69) is 25.6 Å². The summed E-state index contributed by atoms with van der Waals surface area (Å²) in [7, 11) is -3.48. The van der Waals surface area contributed by atoms with Gasteiger partial charge in [-0.3, -0.25) is 9.82 Å². The first-order chi connectivity index (χ1) is 14.1. The predicted octanol–water partition coefficient (Wildman–Crippen LogP) is 3.43. The smallest absolute Gasteiger partial charge is 0.407 e. The monoisotopic (exact) mass is 439 g/mol. The fraction of sp³-hybridized carbons (Fsp3) is 0.474. The normalized spacial score (nSPS) is 19.0. The lowest BCUT2D eigenvalue weighted by Crippen LogP contribution is -2.33. The van der Waals surface area contributed by atoms with E-state index >= 15 is 0 Å². The molecule has 2 aromatic rings. The summed E-state index contributed by atoms with van der Waals surface area (Å²) in [5.74, 6) is -0.00980. The van der Waals surface area contributed by atoms with E-state index in [9.17, 15) is 17.6 Å². The Hall–Kier alpha value is -2.82. The minimum atomic E-state index is -3.48. The second kappa shape index (κ2) is 8.90. The molecule has 30 heavy (non-hydrogen) atoms. The Kier molecular flexibility index (Phi) is 6.49. The molecule has 11 heteroatoms. The number of H-pyrrole nitrogens is 1. The van der Waals surface area contributed by atoms with Crippen molar-refractivity contribution in [3.63, 3.8) is 0 Å². The molecule has 1 aliphatic carbocycles. The summed E-state index contributed by atoms with van der Waals surface area (Å²) in [5, 5.41) is 12.7. The van der Waals surface area contributed by atoms with Crippen molar-refractivity contribution in [2.24, 2.45) is 0 Å². The van der Waals surface area contributed by atoms with E-state index in [1.165, 1.54) is 12.1 Å². The minimum absolute atomic E-state index is 0.0209. The molecule has 2 unspecified atom stereocenters. The molecule has 2 atom stereocenters. The van der Waals surface area contributed by atoms with E-state index in [4.69, 9.17) is 4.74 Å². The van der Waals surface area contributed by atoms with Crippen molar-refractivity contribution >= 4 is 33.3 Å². The molecular weight excluding hydrogens is 413 g/mol. The number of anilines is 3. The Bertz CT molecular complexity index is 1010. The standard InChI is InChI=1S/C19H26FN5O4S/c1-11(2)21-19(26)29-14-6-4-12(8-14)17-10-18(24-23-17)22-16-7-5-13(9-15(16)20)25-30(3,27)28/h5,7,9-12,14,25H,4,6,8H2,1-3H3,(H,21,26)(H2,22,23,24). The van der Waals surface area contributed by atoms with Gasteiger partial charge in [0.15, 0.2) is 5.82 Å². The molecule has 0 saturated heterocycles. The van der Waals surface area contributed by atoms with Gasteiger partial charge in [-0.25, -0.2) is 17.6 Å². The molecule has 1 aliphatic rings. The summed E-state index contributed by atoms with van der Waals surface area (Å²) < 4.78 is 44.5. The van der Waals surface area contributed by atoms with Crippen LogP contribution in [0.25, 0.3) is 0 Å². The van der Waals surface area contributed by atoms with Crippen molar-refractivity contribution in [1.82, 2.24) is 15.5 Å². The van der Waals surface area contributed by atoms with Gasteiger partial charge < -0.3 is 15.4 Å². The maximum Gasteiger partial charge on any atom is 0.407 e. The molecule has 0 aliphatic heterocycles. The fourth-order valence-electron chi connectivity index (χ4n) is 3.39. The number of alkyl carbamates (subject to hydrolysis) is 1. The molecular formula is C19H26FN5O4S. The number of ether oxygens (including phenoxy) is 1. The van der Waals surface area contributed by atoms with Crippen molar-refractivity contribution in [2.45, 2.75) is 51.2 Å². The van der Waals surface area contributed by atoms with Gasteiger partial charge in [-0.05, 0) is 45.2 Å². The highest BCUT2D eigenvalue weighted by Crippen LogP contribution is 2.36. The van der Waals surface area contributed by atoms with E-state index < -0.39 is 21.9 Å². The minimum Gasteiger partial charge on any atom is -0.446 e. The Balaban J connectivity index is 1.59. The van der Waals surface area contributed by atoms with Crippen LogP contribution in [0, 0.1) is 5.82 Å². The number of aromatic amines is 1. The third-order valence-corrected chi connectivity index (χ3v) is 5.24. The van der Waals surface area contributed by atoms with Gasteiger partial charge in [-0.2, -0.15) is 5.10 Å². The van der Waals surface area contributed by atoms with Gasteiger partial charge in [0.05, 0.1) is 17.6 Å². The topological polar surface area (TPSA) is 125 Å². The van der Waals surface area contributed by atoms with Gasteiger partial charge in [0.2, 0.25) is 10.0 Å². The molecule has 0 spiro atoms. The van der Waals surface area contributed by atoms with E-state index in [1.54, 1.807) is 6.07 Å². The molecule has 1 amide bonds. The number of hydrogen-bond acceptors (Lipinski definition) is 6. The summed E-state index contributed by atoms with van der Waals surface area (Å²) >= 11 is 0. The van der Waals surface area contributed by atoms with Crippen LogP contribution in [0.3, 0.4) is 0 Å². The van der Waals surface area contributed by atoms with Gasteiger partial charge in [-0.15, -0.1) is 0 Å². The Labute approximate surface area is 174 Å². The maximum absolute atomic E-state index is 14.3. The number of sulfonamides is 1. The van der Waals surface area contributed by atoms with Gasteiger partial charge in [0.1, 0.15) is 11.9 Å². The van der Waals surface area contributed by atoms with Gasteiger partial charge in [-0.1, -0.05) is 0 Å². The summed E-state index contributed by atoms with van der Waals surface area (Å²) in [6, 6.07) is 5.81. The quantitative estimate of drug-likeness (QED) is 0.524. The van der Waals surface area contributed by atoms with E-state index in [-0.39, 0.29) is 29.4 Å². The number of halogens is 1.